The first kappa shape index (κ1) is 13.9. The first-order chi connectivity index (χ1) is 9.10. The Morgan fingerprint density at radius 1 is 1.32 bits per heavy atom. The van der Waals surface area contributed by atoms with E-state index in [1.165, 1.54) is 12.1 Å². The lowest BCUT2D eigenvalue weighted by Crippen LogP contribution is -2.05. The van der Waals surface area contributed by atoms with Gasteiger partial charge in [0.15, 0.2) is 0 Å². The van der Waals surface area contributed by atoms with Crippen molar-refractivity contribution in [2.24, 2.45) is 0 Å². The van der Waals surface area contributed by atoms with Crippen molar-refractivity contribution in [1.82, 2.24) is 9.97 Å². The molecule has 2 aromatic rings. The summed E-state index contributed by atoms with van der Waals surface area (Å²) >= 11 is 3.33. The van der Waals surface area contributed by atoms with Crippen molar-refractivity contribution in [3.63, 3.8) is 0 Å². The highest BCUT2D eigenvalue weighted by Gasteiger charge is 2.09. The van der Waals surface area contributed by atoms with Gasteiger partial charge in [0.25, 0.3) is 0 Å². The normalized spacial score (nSPS) is 10.5. The number of anilines is 1. The summed E-state index contributed by atoms with van der Waals surface area (Å²) in [5.74, 6) is -0.0393. The maximum atomic E-state index is 13.5. The molecule has 0 aliphatic heterocycles. The maximum Gasteiger partial charge on any atom is 0.144 e. The summed E-state index contributed by atoms with van der Waals surface area (Å²) in [6.45, 7) is 2.67. The molecule has 1 aromatic heterocycles. The monoisotopic (exact) mass is 327 g/mol. The van der Waals surface area contributed by atoms with Gasteiger partial charge in [0, 0.05) is 25.2 Å². The molecule has 1 heterocycles. The molecule has 1 aromatic carbocycles. The van der Waals surface area contributed by atoms with Crippen LogP contribution in [-0.2, 0) is 6.42 Å². The summed E-state index contributed by atoms with van der Waals surface area (Å²) < 4.78 is 27.1. The van der Waals surface area contributed by atoms with Gasteiger partial charge in [-0.05, 0) is 34.5 Å². The van der Waals surface area contributed by atoms with E-state index in [-0.39, 0.29) is 6.42 Å². The van der Waals surface area contributed by atoms with Crippen molar-refractivity contribution >= 4 is 21.7 Å². The van der Waals surface area contributed by atoms with Gasteiger partial charge >= 0.3 is 0 Å². The molecule has 100 valence electrons. The SMILES string of the molecule is CCNc1nc(Cc2ccc(F)cc2F)ncc1Br. The molecule has 3 nitrogen and oxygen atoms in total. The highest BCUT2D eigenvalue weighted by atomic mass is 79.9. The number of nitrogens with one attached hydrogen (secondary N) is 1. The standard InChI is InChI=1S/C13H12BrF2N3/c1-2-17-13-10(14)7-18-12(19-13)5-8-3-4-9(15)6-11(8)16/h3-4,6-7H,2,5H2,1H3,(H,17,18,19). The zero-order chi connectivity index (χ0) is 13.8. The van der Waals surface area contributed by atoms with Crippen LogP contribution in [0.3, 0.4) is 0 Å². The van der Waals surface area contributed by atoms with Crippen LogP contribution in [0.1, 0.15) is 18.3 Å². The Morgan fingerprint density at radius 2 is 2.11 bits per heavy atom. The average Bonchev–Trinajstić information content (AvgIpc) is 2.37. The molecule has 0 fully saturated rings. The van der Waals surface area contributed by atoms with E-state index in [2.05, 4.69) is 31.2 Å². The number of aromatic nitrogens is 2. The second-order valence-electron chi connectivity index (χ2n) is 3.93. The number of hydrogen-bond donors (Lipinski definition) is 1. The largest absolute Gasteiger partial charge is 0.369 e. The van der Waals surface area contributed by atoms with Crippen LogP contribution >= 0.6 is 15.9 Å². The van der Waals surface area contributed by atoms with Crippen LogP contribution in [0, 0.1) is 11.6 Å². The van der Waals surface area contributed by atoms with Crippen LogP contribution in [0.4, 0.5) is 14.6 Å². The van der Waals surface area contributed by atoms with E-state index in [4.69, 9.17) is 0 Å². The average molecular weight is 328 g/mol. The van der Waals surface area contributed by atoms with Crippen LogP contribution in [0.15, 0.2) is 28.9 Å². The molecular formula is C13H12BrF2N3. The third-order valence-electron chi connectivity index (χ3n) is 2.50. The predicted octanol–water partition coefficient (Wildman–Crippen LogP) is 3.54. The number of hydrogen-bond acceptors (Lipinski definition) is 3. The van der Waals surface area contributed by atoms with Crippen LogP contribution < -0.4 is 5.32 Å². The molecule has 0 radical (unpaired) electrons. The Labute approximate surface area is 118 Å². The van der Waals surface area contributed by atoms with E-state index in [1.54, 1.807) is 6.20 Å². The second-order valence-corrected chi connectivity index (χ2v) is 4.78. The van der Waals surface area contributed by atoms with Crippen LogP contribution in [0.25, 0.3) is 0 Å². The van der Waals surface area contributed by atoms with Gasteiger partial charge < -0.3 is 5.32 Å². The fourth-order valence-corrected chi connectivity index (χ4v) is 1.95. The smallest absolute Gasteiger partial charge is 0.144 e. The van der Waals surface area contributed by atoms with Crippen molar-refractivity contribution in [2.75, 3.05) is 11.9 Å². The molecule has 0 saturated carbocycles. The van der Waals surface area contributed by atoms with Crippen molar-refractivity contribution < 1.29 is 8.78 Å². The lowest BCUT2D eigenvalue weighted by molar-refractivity contribution is 0.573. The van der Waals surface area contributed by atoms with Crippen molar-refractivity contribution in [3.8, 4) is 0 Å². The van der Waals surface area contributed by atoms with E-state index < -0.39 is 11.6 Å². The van der Waals surface area contributed by atoms with Gasteiger partial charge in [-0.15, -0.1) is 0 Å². The van der Waals surface area contributed by atoms with Gasteiger partial charge in [-0.3, -0.25) is 0 Å². The minimum atomic E-state index is -0.591. The molecular weight excluding hydrogens is 316 g/mol. The molecule has 1 N–H and O–H groups in total. The van der Waals surface area contributed by atoms with Gasteiger partial charge in [-0.1, -0.05) is 6.07 Å². The van der Waals surface area contributed by atoms with Gasteiger partial charge in [-0.25, -0.2) is 18.7 Å². The lowest BCUT2D eigenvalue weighted by atomic mass is 10.1. The quantitative estimate of drug-likeness (QED) is 0.933. The van der Waals surface area contributed by atoms with E-state index in [0.29, 0.717) is 17.2 Å². The molecule has 0 atom stereocenters. The Bertz CT molecular complexity index is 590. The summed E-state index contributed by atoms with van der Waals surface area (Å²) in [5, 5.41) is 3.07. The molecule has 6 heteroatoms. The summed E-state index contributed by atoms with van der Waals surface area (Å²) in [6.07, 6.45) is 1.83. The van der Waals surface area contributed by atoms with Gasteiger partial charge in [0.05, 0.1) is 4.47 Å². The number of nitrogens with zero attached hydrogens (tertiary/aromatic N) is 2. The third kappa shape index (κ3) is 3.47. The zero-order valence-electron chi connectivity index (χ0n) is 10.3. The third-order valence-corrected chi connectivity index (χ3v) is 3.08. The summed E-state index contributed by atoms with van der Waals surface area (Å²) in [4.78, 5) is 8.41. The first-order valence-corrected chi connectivity index (χ1v) is 6.58. The number of benzene rings is 1. The minimum absolute atomic E-state index is 0.220. The van der Waals surface area contributed by atoms with Crippen LogP contribution in [0.5, 0.6) is 0 Å². The lowest BCUT2D eigenvalue weighted by Gasteiger charge is -2.07. The van der Waals surface area contributed by atoms with Crippen LogP contribution in [0.2, 0.25) is 0 Å². The van der Waals surface area contributed by atoms with Crippen LogP contribution in [-0.4, -0.2) is 16.5 Å². The Hall–Kier alpha value is -1.56. The van der Waals surface area contributed by atoms with Gasteiger partial charge in [0.2, 0.25) is 0 Å². The van der Waals surface area contributed by atoms with Crippen molar-refractivity contribution in [3.05, 3.63) is 51.9 Å². The Morgan fingerprint density at radius 3 is 2.79 bits per heavy atom. The van der Waals surface area contributed by atoms with E-state index in [9.17, 15) is 8.78 Å². The van der Waals surface area contributed by atoms with Gasteiger partial charge in [-0.2, -0.15) is 0 Å². The van der Waals surface area contributed by atoms with Gasteiger partial charge in [0.1, 0.15) is 23.3 Å². The Balaban J connectivity index is 2.25. The number of rotatable bonds is 4. The molecule has 0 spiro atoms. The molecule has 2 rings (SSSR count). The summed E-state index contributed by atoms with van der Waals surface area (Å²) in [5.41, 5.74) is 0.367. The Kier molecular flexibility index (Phi) is 4.42. The second kappa shape index (κ2) is 6.06. The van der Waals surface area contributed by atoms with E-state index in [0.717, 1.165) is 17.1 Å². The topological polar surface area (TPSA) is 37.8 Å². The van der Waals surface area contributed by atoms with E-state index >= 15 is 0 Å². The van der Waals surface area contributed by atoms with Crippen molar-refractivity contribution in [1.29, 1.82) is 0 Å². The maximum absolute atomic E-state index is 13.5. The number of halogens is 3. The summed E-state index contributed by atoms with van der Waals surface area (Å²) in [6, 6.07) is 3.49. The molecule has 0 aliphatic rings. The molecule has 0 saturated heterocycles. The molecule has 0 aliphatic carbocycles. The van der Waals surface area contributed by atoms with Crippen molar-refractivity contribution in [2.45, 2.75) is 13.3 Å². The molecule has 0 bridgehead atoms. The molecule has 0 unspecified atom stereocenters. The first-order valence-electron chi connectivity index (χ1n) is 5.79. The fourth-order valence-electron chi connectivity index (χ4n) is 1.62. The molecule has 0 amide bonds. The zero-order valence-corrected chi connectivity index (χ0v) is 11.8. The highest BCUT2D eigenvalue weighted by molar-refractivity contribution is 9.10. The molecule has 19 heavy (non-hydrogen) atoms. The fraction of sp³-hybridized carbons (Fsp3) is 0.231. The van der Waals surface area contributed by atoms with E-state index in [1.807, 2.05) is 6.92 Å². The predicted molar refractivity (Wildman–Crippen MR) is 73.1 cm³/mol. The minimum Gasteiger partial charge on any atom is -0.369 e. The highest BCUT2D eigenvalue weighted by Crippen LogP contribution is 2.20. The summed E-state index contributed by atoms with van der Waals surface area (Å²) in [7, 11) is 0.